The minimum absolute atomic E-state index is 0.0596. The number of fused-ring (bicyclic) bond motifs is 1. The minimum Gasteiger partial charge on any atom is -0.493 e. The van der Waals surface area contributed by atoms with Gasteiger partial charge < -0.3 is 10.1 Å². The van der Waals surface area contributed by atoms with Gasteiger partial charge in [-0.05, 0) is 30.2 Å². The van der Waals surface area contributed by atoms with Crippen molar-refractivity contribution in [3.63, 3.8) is 0 Å². The minimum atomic E-state index is 0.0596. The average Bonchev–Trinajstić information content (AvgIpc) is 2.94. The second-order valence-electron chi connectivity index (χ2n) is 5.48. The molecule has 0 saturated carbocycles. The Hall–Kier alpha value is -2.00. The lowest BCUT2D eigenvalue weighted by Crippen LogP contribution is -2.29. The first-order valence-corrected chi connectivity index (χ1v) is 7.83. The van der Waals surface area contributed by atoms with E-state index in [-0.39, 0.29) is 11.8 Å². The van der Waals surface area contributed by atoms with E-state index in [0.717, 1.165) is 11.3 Å². The van der Waals surface area contributed by atoms with Gasteiger partial charge in [0.1, 0.15) is 5.75 Å². The molecule has 1 atom stereocenters. The topological polar surface area (TPSA) is 38.3 Å². The Kier molecular flexibility index (Phi) is 4.64. The molecule has 114 valence electrons. The molecule has 0 radical (unpaired) electrons. The number of halogens is 1. The van der Waals surface area contributed by atoms with Crippen LogP contribution in [0.2, 0.25) is 5.02 Å². The number of ether oxygens (including phenoxy) is 1. The molecule has 0 fully saturated rings. The van der Waals surface area contributed by atoms with Gasteiger partial charge in [0.2, 0.25) is 5.91 Å². The molecule has 1 aliphatic heterocycles. The molecule has 1 unspecified atom stereocenters. The van der Waals surface area contributed by atoms with Crippen molar-refractivity contribution in [2.45, 2.75) is 18.8 Å². The molecule has 3 nitrogen and oxygen atoms in total. The number of amides is 1. The van der Waals surface area contributed by atoms with Crippen LogP contribution in [0.25, 0.3) is 0 Å². The van der Waals surface area contributed by atoms with Crippen molar-refractivity contribution < 1.29 is 9.53 Å². The molecule has 0 aliphatic carbocycles. The number of nitrogens with one attached hydrogen (secondary N) is 1. The zero-order chi connectivity index (χ0) is 15.4. The Labute approximate surface area is 135 Å². The Morgan fingerprint density at radius 1 is 1.23 bits per heavy atom. The average molecular weight is 316 g/mol. The molecule has 1 heterocycles. The summed E-state index contributed by atoms with van der Waals surface area (Å²) in [6.45, 7) is 1.25. The molecule has 1 amide bonds. The quantitative estimate of drug-likeness (QED) is 0.916. The molecule has 0 bridgehead atoms. The number of hydrogen-bond acceptors (Lipinski definition) is 2. The van der Waals surface area contributed by atoms with Crippen LogP contribution in [0.3, 0.4) is 0 Å². The van der Waals surface area contributed by atoms with Crippen molar-refractivity contribution in [3.05, 3.63) is 64.7 Å². The molecule has 0 saturated heterocycles. The van der Waals surface area contributed by atoms with Crippen molar-refractivity contribution in [2.75, 3.05) is 13.2 Å². The Morgan fingerprint density at radius 3 is 2.95 bits per heavy atom. The van der Waals surface area contributed by atoms with E-state index in [2.05, 4.69) is 11.4 Å². The summed E-state index contributed by atoms with van der Waals surface area (Å²) in [6.07, 6.45) is 1.17. The van der Waals surface area contributed by atoms with E-state index in [4.69, 9.17) is 16.3 Å². The van der Waals surface area contributed by atoms with Crippen molar-refractivity contribution in [1.82, 2.24) is 5.32 Å². The predicted molar refractivity (Wildman–Crippen MR) is 87.5 cm³/mol. The summed E-state index contributed by atoms with van der Waals surface area (Å²) < 4.78 is 5.62. The van der Waals surface area contributed by atoms with Gasteiger partial charge in [-0.15, -0.1) is 0 Å². The predicted octanol–water partition coefficient (Wildman–Crippen LogP) is 3.57. The number of para-hydroxylation sites is 1. The first kappa shape index (κ1) is 14.9. The van der Waals surface area contributed by atoms with Gasteiger partial charge in [0.25, 0.3) is 0 Å². The second kappa shape index (κ2) is 6.84. The van der Waals surface area contributed by atoms with Gasteiger partial charge in [-0.3, -0.25) is 4.79 Å². The summed E-state index contributed by atoms with van der Waals surface area (Å²) in [5.41, 5.74) is 2.26. The third-order valence-electron chi connectivity index (χ3n) is 3.87. The van der Waals surface area contributed by atoms with E-state index < -0.39 is 0 Å². The zero-order valence-electron chi connectivity index (χ0n) is 12.2. The van der Waals surface area contributed by atoms with Gasteiger partial charge >= 0.3 is 0 Å². The lowest BCUT2D eigenvalue weighted by molar-refractivity contribution is -0.121. The van der Waals surface area contributed by atoms with Crippen LogP contribution in [0, 0.1) is 0 Å². The molecular formula is C18H18ClNO2. The van der Waals surface area contributed by atoms with Crippen LogP contribution < -0.4 is 10.1 Å². The third-order valence-corrected chi connectivity index (χ3v) is 4.11. The SMILES string of the molecule is O=C(CCc1cccc(Cl)c1)NCC1COc2ccccc21. The second-order valence-corrected chi connectivity index (χ2v) is 5.92. The number of benzene rings is 2. The number of carbonyl (C=O) groups is 1. The van der Waals surface area contributed by atoms with Crippen LogP contribution in [0.5, 0.6) is 5.75 Å². The van der Waals surface area contributed by atoms with Crippen LogP contribution in [0.1, 0.15) is 23.5 Å². The molecule has 2 aromatic rings. The molecule has 0 aromatic heterocycles. The fraction of sp³-hybridized carbons (Fsp3) is 0.278. The van der Waals surface area contributed by atoms with E-state index in [9.17, 15) is 4.79 Å². The van der Waals surface area contributed by atoms with E-state index in [1.54, 1.807) is 0 Å². The summed E-state index contributed by atoms with van der Waals surface area (Å²) in [4.78, 5) is 12.0. The van der Waals surface area contributed by atoms with E-state index in [1.807, 2.05) is 42.5 Å². The first-order chi connectivity index (χ1) is 10.7. The van der Waals surface area contributed by atoms with Crippen molar-refractivity contribution in [3.8, 4) is 5.75 Å². The number of aryl methyl sites for hydroxylation is 1. The van der Waals surface area contributed by atoms with Gasteiger partial charge in [0, 0.05) is 29.5 Å². The highest BCUT2D eigenvalue weighted by molar-refractivity contribution is 6.30. The summed E-state index contributed by atoms with van der Waals surface area (Å²) >= 11 is 5.94. The fourth-order valence-corrected chi connectivity index (χ4v) is 2.89. The highest BCUT2D eigenvalue weighted by Gasteiger charge is 2.23. The highest BCUT2D eigenvalue weighted by Crippen LogP contribution is 2.32. The summed E-state index contributed by atoms with van der Waals surface area (Å²) in [5, 5.41) is 3.70. The van der Waals surface area contributed by atoms with Crippen molar-refractivity contribution in [1.29, 1.82) is 0 Å². The standard InChI is InChI=1S/C18H18ClNO2/c19-15-5-3-4-13(10-15)8-9-18(21)20-11-14-12-22-17-7-2-1-6-16(14)17/h1-7,10,14H,8-9,11-12H2,(H,20,21). The largest absolute Gasteiger partial charge is 0.493 e. The molecule has 22 heavy (non-hydrogen) atoms. The van der Waals surface area contributed by atoms with Gasteiger partial charge in [-0.1, -0.05) is 41.9 Å². The monoisotopic (exact) mass is 315 g/mol. The Balaban J connectivity index is 1.47. The summed E-state index contributed by atoms with van der Waals surface area (Å²) in [6, 6.07) is 15.6. The molecule has 0 spiro atoms. The van der Waals surface area contributed by atoms with Gasteiger partial charge in [0.15, 0.2) is 0 Å². The maximum Gasteiger partial charge on any atom is 0.220 e. The maximum atomic E-state index is 12.0. The van der Waals surface area contributed by atoms with Crippen LogP contribution >= 0.6 is 11.6 Å². The fourth-order valence-electron chi connectivity index (χ4n) is 2.67. The molecule has 4 heteroatoms. The van der Waals surface area contributed by atoms with Crippen molar-refractivity contribution in [2.24, 2.45) is 0 Å². The lowest BCUT2D eigenvalue weighted by atomic mass is 10.0. The normalized spacial score (nSPS) is 16.0. The first-order valence-electron chi connectivity index (χ1n) is 7.45. The van der Waals surface area contributed by atoms with Crippen LogP contribution in [0.15, 0.2) is 48.5 Å². The zero-order valence-corrected chi connectivity index (χ0v) is 13.0. The molecule has 1 N–H and O–H groups in total. The van der Waals surface area contributed by atoms with Crippen LogP contribution in [-0.4, -0.2) is 19.1 Å². The molecule has 2 aromatic carbocycles. The van der Waals surface area contributed by atoms with E-state index >= 15 is 0 Å². The van der Waals surface area contributed by atoms with Gasteiger partial charge in [-0.25, -0.2) is 0 Å². The van der Waals surface area contributed by atoms with Crippen molar-refractivity contribution >= 4 is 17.5 Å². The number of rotatable bonds is 5. The Bertz CT molecular complexity index is 672. The Morgan fingerprint density at radius 2 is 2.09 bits per heavy atom. The number of hydrogen-bond donors (Lipinski definition) is 1. The molecular weight excluding hydrogens is 298 g/mol. The molecule has 3 rings (SSSR count). The van der Waals surface area contributed by atoms with Crippen LogP contribution in [0.4, 0.5) is 0 Å². The summed E-state index contributed by atoms with van der Waals surface area (Å²) in [5.74, 6) is 1.23. The summed E-state index contributed by atoms with van der Waals surface area (Å²) in [7, 11) is 0. The lowest BCUT2D eigenvalue weighted by Gasteiger charge is -2.10. The van der Waals surface area contributed by atoms with Gasteiger partial charge in [-0.2, -0.15) is 0 Å². The van der Waals surface area contributed by atoms with E-state index in [0.29, 0.717) is 31.0 Å². The molecule has 1 aliphatic rings. The third kappa shape index (κ3) is 3.60. The highest BCUT2D eigenvalue weighted by atomic mass is 35.5. The van der Waals surface area contributed by atoms with Gasteiger partial charge in [0.05, 0.1) is 6.61 Å². The van der Waals surface area contributed by atoms with Crippen LogP contribution in [-0.2, 0) is 11.2 Å². The maximum absolute atomic E-state index is 12.0. The smallest absolute Gasteiger partial charge is 0.220 e. The number of carbonyl (C=O) groups excluding carboxylic acids is 1. The van der Waals surface area contributed by atoms with E-state index in [1.165, 1.54) is 5.56 Å².